The van der Waals surface area contributed by atoms with Crippen molar-refractivity contribution in [3.8, 4) is 33.4 Å². The number of carbonyl (C=O) groups is 2. The molecule has 53 heavy (non-hydrogen) atoms. The van der Waals surface area contributed by atoms with E-state index in [-0.39, 0.29) is 11.9 Å². The molecule has 0 fully saturated rings. The van der Waals surface area contributed by atoms with E-state index in [1.165, 1.54) is 0 Å². The molecule has 2 atom stereocenters. The molecule has 4 heteroatoms. The van der Waals surface area contributed by atoms with Crippen molar-refractivity contribution in [2.45, 2.75) is 85.9 Å². The summed E-state index contributed by atoms with van der Waals surface area (Å²) in [5, 5.41) is 4.46. The molecule has 0 amide bonds. The highest BCUT2D eigenvalue weighted by molar-refractivity contribution is 6.10. The number of hydrogen-bond donors (Lipinski definition) is 0. The van der Waals surface area contributed by atoms with E-state index in [1.807, 2.05) is 47.6 Å². The Hall–Kier alpha value is -5.22. The van der Waals surface area contributed by atoms with Crippen LogP contribution in [-0.2, 0) is 30.3 Å². The van der Waals surface area contributed by atoms with Gasteiger partial charge in [0.25, 0.3) is 0 Å². The van der Waals surface area contributed by atoms with Gasteiger partial charge in [0.15, 0.2) is 11.2 Å². The maximum absolute atomic E-state index is 13.9. The fourth-order valence-electron chi connectivity index (χ4n) is 8.73. The lowest BCUT2D eigenvalue weighted by Crippen LogP contribution is -2.39. The van der Waals surface area contributed by atoms with E-state index in [2.05, 4.69) is 117 Å². The summed E-state index contributed by atoms with van der Waals surface area (Å²) in [4.78, 5) is 27.7. The third-order valence-electron chi connectivity index (χ3n) is 11.4. The Morgan fingerprint density at radius 1 is 0.528 bits per heavy atom. The SMILES string of the molecule is CCCC1(OC(=O)C(C)(C)C)c2ccccc2-c2ccc(-c3ccc4c(c3)C(CC)(OC(=O)C(C)(C)C)c3cccc5cccc-4c35)c3cccc1c23. The molecule has 6 aromatic carbocycles. The van der Waals surface area contributed by atoms with Gasteiger partial charge in [-0.3, -0.25) is 9.59 Å². The third kappa shape index (κ3) is 5.16. The first-order valence-corrected chi connectivity index (χ1v) is 19.1. The monoisotopic (exact) mass is 700 g/mol. The molecule has 0 saturated heterocycles. The van der Waals surface area contributed by atoms with Crippen molar-refractivity contribution in [2.75, 3.05) is 0 Å². The lowest BCUT2D eigenvalue weighted by molar-refractivity contribution is -0.168. The fraction of sp³-hybridized carbons (Fsp3) is 0.306. The molecule has 0 aromatic heterocycles. The number of hydrogen-bond acceptors (Lipinski definition) is 4. The zero-order valence-corrected chi connectivity index (χ0v) is 32.1. The van der Waals surface area contributed by atoms with Crippen molar-refractivity contribution in [2.24, 2.45) is 10.8 Å². The van der Waals surface area contributed by atoms with Gasteiger partial charge in [-0.1, -0.05) is 123 Å². The number of ether oxygens (including phenoxy) is 2. The van der Waals surface area contributed by atoms with Crippen LogP contribution in [0.5, 0.6) is 0 Å². The average Bonchev–Trinajstić information content (AvgIpc) is 3.14. The Bertz CT molecular complexity index is 2470. The summed E-state index contributed by atoms with van der Waals surface area (Å²) < 4.78 is 13.5. The quantitative estimate of drug-likeness (QED) is 0.162. The highest BCUT2D eigenvalue weighted by atomic mass is 16.6. The van der Waals surface area contributed by atoms with Crippen LogP contribution in [0.1, 0.15) is 96.9 Å². The minimum absolute atomic E-state index is 0.219. The number of rotatable bonds is 6. The predicted octanol–water partition coefficient (Wildman–Crippen LogP) is 12.5. The van der Waals surface area contributed by atoms with Crippen molar-refractivity contribution in [1.29, 1.82) is 0 Å². The van der Waals surface area contributed by atoms with Gasteiger partial charge < -0.3 is 9.47 Å². The van der Waals surface area contributed by atoms with E-state index in [0.29, 0.717) is 12.8 Å². The smallest absolute Gasteiger partial charge is 0.312 e. The lowest BCUT2D eigenvalue weighted by Gasteiger charge is -2.42. The second-order valence-corrected chi connectivity index (χ2v) is 16.9. The van der Waals surface area contributed by atoms with Crippen LogP contribution in [0.25, 0.3) is 54.9 Å². The van der Waals surface area contributed by atoms with Gasteiger partial charge in [0.05, 0.1) is 10.8 Å². The Labute approximate surface area is 313 Å². The molecule has 268 valence electrons. The summed E-state index contributed by atoms with van der Waals surface area (Å²) in [7, 11) is 0. The molecule has 0 N–H and O–H groups in total. The standard InChI is InChI=1S/C49H48O4/c1-9-28-49(53-45(51)47(6,7)8)38-21-12-11-18-33(38)37-27-26-32(35-20-15-23-40(49)43(35)37)31-24-25-34-36-19-13-16-30-17-14-22-39(42(30)36)48(10-2,41(34)29-31)52-44(50)46(3,4)5/h11-27,29H,9-10,28H2,1-8H3. The van der Waals surface area contributed by atoms with Gasteiger partial charge >= 0.3 is 11.9 Å². The van der Waals surface area contributed by atoms with Gasteiger partial charge in [-0.05, 0) is 115 Å². The highest BCUT2D eigenvalue weighted by Gasteiger charge is 2.47. The molecule has 4 nitrogen and oxygen atoms in total. The predicted molar refractivity (Wildman–Crippen MR) is 216 cm³/mol. The number of fused-ring (bicyclic) bond motifs is 4. The maximum Gasteiger partial charge on any atom is 0.312 e. The summed E-state index contributed by atoms with van der Waals surface area (Å²) in [6, 6.07) is 38.7. The van der Waals surface area contributed by atoms with E-state index in [1.54, 1.807) is 0 Å². The van der Waals surface area contributed by atoms with Crippen LogP contribution in [0.4, 0.5) is 0 Å². The number of carbonyl (C=O) groups excluding carboxylic acids is 2. The second kappa shape index (κ2) is 12.2. The van der Waals surface area contributed by atoms with Crippen molar-refractivity contribution in [1.82, 2.24) is 0 Å². The molecular weight excluding hydrogens is 653 g/mol. The summed E-state index contributed by atoms with van der Waals surface area (Å²) in [5.74, 6) is -0.451. The largest absolute Gasteiger partial charge is 0.449 e. The van der Waals surface area contributed by atoms with Gasteiger partial charge in [0, 0.05) is 22.3 Å². The molecule has 6 aromatic rings. The lowest BCUT2D eigenvalue weighted by atomic mass is 9.70. The second-order valence-electron chi connectivity index (χ2n) is 16.9. The van der Waals surface area contributed by atoms with Crippen molar-refractivity contribution < 1.29 is 19.1 Å². The summed E-state index contributed by atoms with van der Waals surface area (Å²) in [6.45, 7) is 15.8. The highest BCUT2D eigenvalue weighted by Crippen LogP contribution is 2.55. The summed E-state index contributed by atoms with van der Waals surface area (Å²) in [6.07, 6.45) is 2.08. The van der Waals surface area contributed by atoms with Crippen LogP contribution in [0.3, 0.4) is 0 Å². The molecule has 0 spiro atoms. The summed E-state index contributed by atoms with van der Waals surface area (Å²) >= 11 is 0. The maximum atomic E-state index is 13.9. The van der Waals surface area contributed by atoms with E-state index in [4.69, 9.17) is 9.47 Å². The Morgan fingerprint density at radius 2 is 1.06 bits per heavy atom. The molecule has 0 heterocycles. The Kier molecular flexibility index (Phi) is 8.00. The Balaban J connectivity index is 1.40. The van der Waals surface area contributed by atoms with E-state index < -0.39 is 22.0 Å². The molecule has 0 radical (unpaired) electrons. The van der Waals surface area contributed by atoms with Crippen LogP contribution in [0, 0.1) is 10.8 Å². The molecular formula is C49H48O4. The molecule has 8 rings (SSSR count). The van der Waals surface area contributed by atoms with Crippen LogP contribution in [0.15, 0.2) is 109 Å². The molecule has 0 bridgehead atoms. The molecule has 2 aliphatic carbocycles. The first kappa shape index (κ1) is 34.8. The normalized spacial score (nSPS) is 18.7. The molecule has 2 unspecified atom stereocenters. The zero-order valence-electron chi connectivity index (χ0n) is 32.1. The molecule has 2 aliphatic rings. The van der Waals surface area contributed by atoms with E-state index >= 15 is 0 Å². The van der Waals surface area contributed by atoms with E-state index in [9.17, 15) is 9.59 Å². The van der Waals surface area contributed by atoms with Crippen LogP contribution < -0.4 is 0 Å². The van der Waals surface area contributed by atoms with Gasteiger partial charge in [-0.25, -0.2) is 0 Å². The first-order valence-electron chi connectivity index (χ1n) is 19.1. The molecule has 0 saturated carbocycles. The average molecular weight is 701 g/mol. The number of benzene rings is 6. The number of esters is 2. The fourth-order valence-corrected chi connectivity index (χ4v) is 8.73. The first-order chi connectivity index (χ1) is 25.2. The van der Waals surface area contributed by atoms with Crippen LogP contribution >= 0.6 is 0 Å². The summed E-state index contributed by atoms with van der Waals surface area (Å²) in [5.41, 5.74) is 7.36. The van der Waals surface area contributed by atoms with Gasteiger partial charge in [0.2, 0.25) is 0 Å². The molecule has 0 aliphatic heterocycles. The zero-order chi connectivity index (χ0) is 37.5. The van der Waals surface area contributed by atoms with Crippen molar-refractivity contribution >= 4 is 33.5 Å². The minimum atomic E-state index is -0.980. The van der Waals surface area contributed by atoms with Crippen LogP contribution in [-0.4, -0.2) is 11.9 Å². The van der Waals surface area contributed by atoms with Crippen LogP contribution in [0.2, 0.25) is 0 Å². The van der Waals surface area contributed by atoms with Gasteiger partial charge in [-0.2, -0.15) is 0 Å². The third-order valence-corrected chi connectivity index (χ3v) is 11.4. The van der Waals surface area contributed by atoms with Gasteiger partial charge in [0.1, 0.15) is 0 Å². The van der Waals surface area contributed by atoms with Crippen molar-refractivity contribution in [3.05, 3.63) is 131 Å². The van der Waals surface area contributed by atoms with E-state index in [0.717, 1.165) is 83.6 Å². The Morgan fingerprint density at radius 3 is 1.74 bits per heavy atom. The van der Waals surface area contributed by atoms with Crippen molar-refractivity contribution in [3.63, 3.8) is 0 Å². The minimum Gasteiger partial charge on any atom is -0.449 e. The topological polar surface area (TPSA) is 52.6 Å². The van der Waals surface area contributed by atoms with Gasteiger partial charge in [-0.15, -0.1) is 0 Å².